The number of hydrogen-bond acceptors (Lipinski definition) is 3. The van der Waals surface area contributed by atoms with Gasteiger partial charge in [0.15, 0.2) is 0 Å². The fourth-order valence-electron chi connectivity index (χ4n) is 2.37. The monoisotopic (exact) mass is 250 g/mol. The number of benzene rings is 1. The Labute approximate surface area is 106 Å². The molecule has 2 rings (SSSR count). The maximum absolute atomic E-state index is 11.5. The highest BCUT2D eigenvalue weighted by Gasteiger charge is 2.42. The second kappa shape index (κ2) is 5.10. The molecule has 2 atom stereocenters. The van der Waals surface area contributed by atoms with Crippen LogP contribution >= 0.6 is 11.8 Å². The first kappa shape index (κ1) is 12.5. The van der Waals surface area contributed by atoms with Crippen molar-refractivity contribution in [1.82, 2.24) is 5.32 Å². The zero-order chi connectivity index (χ0) is 12.3. The molecule has 1 amide bonds. The van der Waals surface area contributed by atoms with Gasteiger partial charge < -0.3 is 11.1 Å². The van der Waals surface area contributed by atoms with Crippen LogP contribution in [0.5, 0.6) is 0 Å². The zero-order valence-electron chi connectivity index (χ0n) is 9.98. The molecular formula is C13H18N2OS. The second-order valence-electron chi connectivity index (χ2n) is 4.49. The van der Waals surface area contributed by atoms with Gasteiger partial charge in [0, 0.05) is 10.1 Å². The third kappa shape index (κ3) is 2.64. The minimum atomic E-state index is -0.494. The molecular weight excluding hydrogens is 232 g/mol. The van der Waals surface area contributed by atoms with Crippen LogP contribution in [0, 0.1) is 0 Å². The maximum Gasteiger partial charge on any atom is 0.237 e. The molecule has 1 fully saturated rings. The van der Waals surface area contributed by atoms with E-state index in [-0.39, 0.29) is 5.91 Å². The fourth-order valence-corrected chi connectivity index (χ4v) is 3.67. The van der Waals surface area contributed by atoms with Gasteiger partial charge in [-0.05, 0) is 38.4 Å². The second-order valence-corrected chi connectivity index (χ2v) is 5.87. The molecule has 3 nitrogen and oxygen atoms in total. The molecule has 92 valence electrons. The Bertz CT molecular complexity index is 396. The third-order valence-electron chi connectivity index (χ3n) is 3.47. The normalized spacial score (nSPS) is 28.2. The van der Waals surface area contributed by atoms with E-state index in [4.69, 9.17) is 5.73 Å². The summed E-state index contributed by atoms with van der Waals surface area (Å²) in [4.78, 5) is 12.8. The van der Waals surface area contributed by atoms with Gasteiger partial charge in [-0.15, -0.1) is 11.8 Å². The number of carbonyl (C=O) groups is 1. The summed E-state index contributed by atoms with van der Waals surface area (Å²) in [6.07, 6.45) is 2.69. The Morgan fingerprint density at radius 2 is 2.18 bits per heavy atom. The zero-order valence-corrected chi connectivity index (χ0v) is 10.8. The molecule has 3 N–H and O–H groups in total. The number of hydrogen-bond donors (Lipinski definition) is 2. The first-order valence-corrected chi connectivity index (χ1v) is 6.75. The van der Waals surface area contributed by atoms with Gasteiger partial charge in [0.2, 0.25) is 5.91 Å². The van der Waals surface area contributed by atoms with Crippen molar-refractivity contribution < 1.29 is 4.79 Å². The first-order valence-electron chi connectivity index (χ1n) is 5.87. The summed E-state index contributed by atoms with van der Waals surface area (Å²) < 4.78 is 0. The lowest BCUT2D eigenvalue weighted by Crippen LogP contribution is -2.52. The van der Waals surface area contributed by atoms with Crippen molar-refractivity contribution in [3.63, 3.8) is 0 Å². The van der Waals surface area contributed by atoms with Gasteiger partial charge in [0.05, 0.1) is 5.54 Å². The summed E-state index contributed by atoms with van der Waals surface area (Å²) in [5, 5.41) is 3.57. The van der Waals surface area contributed by atoms with Crippen LogP contribution in [-0.2, 0) is 4.79 Å². The molecule has 0 heterocycles. The smallest absolute Gasteiger partial charge is 0.237 e. The third-order valence-corrected chi connectivity index (χ3v) is 4.75. The van der Waals surface area contributed by atoms with Crippen LogP contribution in [0.2, 0.25) is 0 Å². The summed E-state index contributed by atoms with van der Waals surface area (Å²) in [6.45, 7) is 0. The highest BCUT2D eigenvalue weighted by atomic mass is 32.2. The average molecular weight is 250 g/mol. The van der Waals surface area contributed by atoms with Crippen molar-refractivity contribution in [3.8, 4) is 0 Å². The maximum atomic E-state index is 11.5. The first-order chi connectivity index (χ1) is 8.16. The van der Waals surface area contributed by atoms with Crippen LogP contribution in [0.3, 0.4) is 0 Å². The number of likely N-dealkylation sites (N-methyl/N-ethyl adjacent to an activating group) is 1. The van der Waals surface area contributed by atoms with E-state index < -0.39 is 5.54 Å². The molecule has 1 aliphatic rings. The Morgan fingerprint density at radius 3 is 2.71 bits per heavy atom. The van der Waals surface area contributed by atoms with Crippen LogP contribution in [0.4, 0.5) is 0 Å². The molecule has 4 heteroatoms. The van der Waals surface area contributed by atoms with E-state index in [0.717, 1.165) is 19.3 Å². The number of carbonyl (C=O) groups excluding carboxylic acids is 1. The molecule has 0 radical (unpaired) electrons. The number of amides is 1. The molecule has 1 aromatic rings. The molecule has 2 unspecified atom stereocenters. The van der Waals surface area contributed by atoms with E-state index in [9.17, 15) is 4.79 Å². The van der Waals surface area contributed by atoms with Crippen molar-refractivity contribution in [2.45, 2.75) is 34.9 Å². The Kier molecular flexibility index (Phi) is 3.74. The lowest BCUT2D eigenvalue weighted by Gasteiger charge is -2.24. The molecule has 0 aliphatic heterocycles. The van der Waals surface area contributed by atoms with E-state index in [2.05, 4.69) is 17.4 Å². The predicted molar refractivity (Wildman–Crippen MR) is 70.9 cm³/mol. The lowest BCUT2D eigenvalue weighted by molar-refractivity contribution is -0.124. The Hall–Kier alpha value is -1.00. The van der Waals surface area contributed by atoms with Crippen LogP contribution in [0.25, 0.3) is 0 Å². The van der Waals surface area contributed by atoms with E-state index in [1.165, 1.54) is 4.90 Å². The predicted octanol–water partition coefficient (Wildman–Crippen LogP) is 1.77. The van der Waals surface area contributed by atoms with Crippen LogP contribution in [0.1, 0.15) is 19.3 Å². The van der Waals surface area contributed by atoms with Gasteiger partial charge in [-0.1, -0.05) is 18.2 Å². The Balaban J connectivity index is 2.01. The molecule has 0 spiro atoms. The molecule has 1 aromatic carbocycles. The highest BCUT2D eigenvalue weighted by molar-refractivity contribution is 8.00. The number of nitrogens with one attached hydrogen (secondary N) is 1. The SMILES string of the molecule is CNC1(C(N)=O)CCC(Sc2ccccc2)C1. The van der Waals surface area contributed by atoms with Crippen LogP contribution < -0.4 is 11.1 Å². The topological polar surface area (TPSA) is 55.1 Å². The van der Waals surface area contributed by atoms with Crippen LogP contribution in [-0.4, -0.2) is 23.7 Å². The van der Waals surface area contributed by atoms with Gasteiger partial charge >= 0.3 is 0 Å². The van der Waals surface area contributed by atoms with Gasteiger partial charge in [0.25, 0.3) is 0 Å². The number of rotatable bonds is 4. The van der Waals surface area contributed by atoms with Crippen molar-refractivity contribution in [2.24, 2.45) is 5.73 Å². The average Bonchev–Trinajstić information content (AvgIpc) is 2.75. The fraction of sp³-hybridized carbons (Fsp3) is 0.462. The van der Waals surface area contributed by atoms with E-state index in [0.29, 0.717) is 5.25 Å². The molecule has 1 aliphatic carbocycles. The van der Waals surface area contributed by atoms with Crippen molar-refractivity contribution >= 4 is 17.7 Å². The van der Waals surface area contributed by atoms with Crippen LogP contribution in [0.15, 0.2) is 35.2 Å². The Morgan fingerprint density at radius 1 is 1.47 bits per heavy atom. The summed E-state index contributed by atoms with van der Waals surface area (Å²) in [5.41, 5.74) is 4.99. The molecule has 1 saturated carbocycles. The minimum Gasteiger partial charge on any atom is -0.368 e. The minimum absolute atomic E-state index is 0.226. The molecule has 0 saturated heterocycles. The van der Waals surface area contributed by atoms with Gasteiger partial charge in [-0.3, -0.25) is 4.79 Å². The van der Waals surface area contributed by atoms with E-state index in [1.807, 2.05) is 37.0 Å². The summed E-state index contributed by atoms with van der Waals surface area (Å²) in [5.74, 6) is -0.226. The number of nitrogens with two attached hydrogens (primary N) is 1. The number of thioether (sulfide) groups is 1. The van der Waals surface area contributed by atoms with Crippen molar-refractivity contribution in [2.75, 3.05) is 7.05 Å². The summed E-state index contributed by atoms with van der Waals surface area (Å²) in [7, 11) is 1.82. The van der Waals surface area contributed by atoms with Gasteiger partial charge in [-0.25, -0.2) is 0 Å². The quantitative estimate of drug-likeness (QED) is 0.856. The van der Waals surface area contributed by atoms with Gasteiger partial charge in [0.1, 0.15) is 0 Å². The highest BCUT2D eigenvalue weighted by Crippen LogP contribution is 2.39. The van der Waals surface area contributed by atoms with Crippen molar-refractivity contribution in [3.05, 3.63) is 30.3 Å². The van der Waals surface area contributed by atoms with Crippen molar-refractivity contribution in [1.29, 1.82) is 0 Å². The lowest BCUT2D eigenvalue weighted by atomic mass is 9.97. The molecule has 0 bridgehead atoms. The van der Waals surface area contributed by atoms with E-state index in [1.54, 1.807) is 0 Å². The molecule has 17 heavy (non-hydrogen) atoms. The summed E-state index contributed by atoms with van der Waals surface area (Å²) >= 11 is 1.84. The summed E-state index contributed by atoms with van der Waals surface area (Å²) in [6, 6.07) is 10.3. The number of primary amides is 1. The largest absolute Gasteiger partial charge is 0.368 e. The standard InChI is InChI=1S/C13H18N2OS/c1-15-13(12(14)16)8-7-11(9-13)17-10-5-3-2-4-6-10/h2-6,11,15H,7-9H2,1H3,(H2,14,16). The molecule has 0 aromatic heterocycles. The van der Waals surface area contributed by atoms with Gasteiger partial charge in [-0.2, -0.15) is 0 Å². The van der Waals surface area contributed by atoms with E-state index >= 15 is 0 Å².